The highest BCUT2D eigenvalue weighted by Gasteiger charge is 2.33. The summed E-state index contributed by atoms with van der Waals surface area (Å²) < 4.78 is 43.4. The van der Waals surface area contributed by atoms with Crippen molar-refractivity contribution in [2.75, 3.05) is 23.1 Å². The van der Waals surface area contributed by atoms with Gasteiger partial charge in [-0.3, -0.25) is 14.4 Å². The maximum Gasteiger partial charge on any atom is 0.417 e. The summed E-state index contributed by atoms with van der Waals surface area (Å²) in [6.45, 7) is 0. The third-order valence-electron chi connectivity index (χ3n) is 7.34. The molecule has 0 saturated heterocycles. The molecule has 6 rings (SSSR count). The first-order chi connectivity index (χ1) is 27.0. The number of para-hydroxylation sites is 1. The molecule has 0 spiro atoms. The molecule has 3 amide bonds. The van der Waals surface area contributed by atoms with Crippen LogP contribution in [0.15, 0.2) is 133 Å². The molecule has 0 heterocycles. The van der Waals surface area contributed by atoms with Crippen LogP contribution in [-0.4, -0.2) is 24.8 Å². The molecule has 0 atom stereocenters. The van der Waals surface area contributed by atoms with E-state index in [-0.39, 0.29) is 17.4 Å². The van der Waals surface area contributed by atoms with Crippen LogP contribution in [0.2, 0.25) is 30.1 Å². The summed E-state index contributed by atoms with van der Waals surface area (Å²) in [6, 6.07) is 35.1. The lowest BCUT2D eigenvalue weighted by Crippen LogP contribution is -2.14. The number of benzene rings is 6. The second-order valence-corrected chi connectivity index (χ2v) is 13.9. The zero-order chi connectivity index (χ0) is 41.7. The van der Waals surface area contributed by atoms with E-state index in [9.17, 15) is 27.6 Å². The number of alkyl halides is 3. The minimum Gasteiger partial charge on any atom is -0.497 e. The zero-order valence-corrected chi connectivity index (χ0v) is 33.8. The van der Waals surface area contributed by atoms with Crippen LogP contribution in [0.5, 0.6) is 5.75 Å². The molecule has 0 fully saturated rings. The van der Waals surface area contributed by atoms with Crippen molar-refractivity contribution in [3.05, 3.63) is 186 Å². The van der Waals surface area contributed by atoms with Gasteiger partial charge >= 0.3 is 6.18 Å². The fourth-order valence-electron chi connectivity index (χ4n) is 4.56. The minimum absolute atomic E-state index is 0.139. The SMILES string of the molecule is COc1cccc(NC(=O)c2ccc(Cl)c(C(F)(F)F)c2)c1.O=C(Nc1cccc(Cl)c1)c1ccc(Cl)c(Cl)c1.O=C(Nc1ccccc1)c1ccc(Cl)c(Cl)c1. The highest BCUT2D eigenvalue weighted by Crippen LogP contribution is 2.35. The number of methoxy groups -OCH3 is 1. The van der Waals surface area contributed by atoms with Gasteiger partial charge in [-0.05, 0) is 97.1 Å². The quantitative estimate of drug-likeness (QED) is 0.149. The molecule has 6 aromatic rings. The molecule has 0 aliphatic heterocycles. The molecule has 0 aromatic heterocycles. The van der Waals surface area contributed by atoms with E-state index in [0.717, 1.165) is 17.8 Å². The van der Waals surface area contributed by atoms with Gasteiger partial charge in [0.1, 0.15) is 5.75 Å². The fourth-order valence-corrected chi connectivity index (χ4v) is 5.57. The Morgan fingerprint density at radius 3 is 1.39 bits per heavy atom. The van der Waals surface area contributed by atoms with Crippen molar-refractivity contribution in [1.29, 1.82) is 0 Å². The van der Waals surface area contributed by atoms with Crippen LogP contribution in [0.3, 0.4) is 0 Å². The molecule has 57 heavy (non-hydrogen) atoms. The summed E-state index contributed by atoms with van der Waals surface area (Å²) >= 11 is 34.6. The van der Waals surface area contributed by atoms with Crippen molar-refractivity contribution >= 4 is 104 Å². The Morgan fingerprint density at radius 1 is 0.474 bits per heavy atom. The highest BCUT2D eigenvalue weighted by atomic mass is 35.5. The van der Waals surface area contributed by atoms with E-state index in [2.05, 4.69) is 16.0 Å². The first kappa shape index (κ1) is 44.8. The van der Waals surface area contributed by atoms with Gasteiger partial charge in [0.2, 0.25) is 0 Å². The van der Waals surface area contributed by atoms with Crippen molar-refractivity contribution in [2.24, 2.45) is 0 Å². The van der Waals surface area contributed by atoms with E-state index in [1.54, 1.807) is 78.9 Å². The third kappa shape index (κ3) is 13.9. The summed E-state index contributed by atoms with van der Waals surface area (Å²) in [7, 11) is 1.47. The van der Waals surface area contributed by atoms with Gasteiger partial charge < -0.3 is 20.7 Å². The Kier molecular flexibility index (Phi) is 16.5. The van der Waals surface area contributed by atoms with Crippen LogP contribution in [0.25, 0.3) is 0 Å². The Morgan fingerprint density at radius 2 is 0.912 bits per heavy atom. The van der Waals surface area contributed by atoms with Crippen LogP contribution in [-0.2, 0) is 6.18 Å². The van der Waals surface area contributed by atoms with E-state index in [1.165, 1.54) is 19.2 Å². The molecular formula is C41H28Cl6F3N3O4. The number of anilines is 3. The number of carbonyl (C=O) groups excluding carboxylic acids is 3. The number of ether oxygens (including phenoxy) is 1. The van der Waals surface area contributed by atoms with Crippen molar-refractivity contribution < 1.29 is 32.3 Å². The van der Waals surface area contributed by atoms with Gasteiger partial charge in [0.25, 0.3) is 17.7 Å². The molecule has 0 radical (unpaired) electrons. The molecule has 294 valence electrons. The summed E-state index contributed by atoms with van der Waals surface area (Å²) in [4.78, 5) is 35.8. The maximum atomic E-state index is 12.8. The number of carbonyl (C=O) groups is 3. The highest BCUT2D eigenvalue weighted by molar-refractivity contribution is 6.42. The standard InChI is InChI=1S/C15H11ClF3NO2.C13H8Cl3NO.C13H9Cl2NO/c1-22-11-4-2-3-10(8-11)20-14(21)9-5-6-13(16)12(7-9)15(17,18)19;14-9-2-1-3-10(7-9)17-13(18)8-4-5-11(15)12(16)6-8;14-11-7-6-9(8-12(11)15)13(17)16-10-4-2-1-3-5-10/h2-8H,1H3,(H,20,21);1-7H,(H,17,18);1-8H,(H,16,17). The van der Waals surface area contributed by atoms with Gasteiger partial charge in [-0.15, -0.1) is 0 Å². The van der Waals surface area contributed by atoms with Crippen LogP contribution in [0.1, 0.15) is 36.6 Å². The van der Waals surface area contributed by atoms with Gasteiger partial charge in [0.15, 0.2) is 0 Å². The molecule has 0 aliphatic rings. The lowest BCUT2D eigenvalue weighted by Gasteiger charge is -2.11. The zero-order valence-electron chi connectivity index (χ0n) is 29.2. The average Bonchev–Trinajstić information content (AvgIpc) is 3.17. The van der Waals surface area contributed by atoms with Crippen molar-refractivity contribution in [1.82, 2.24) is 0 Å². The van der Waals surface area contributed by atoms with E-state index < -0.39 is 22.7 Å². The number of nitrogens with one attached hydrogen (secondary N) is 3. The normalized spacial score (nSPS) is 10.5. The monoisotopic (exact) mass is 893 g/mol. The van der Waals surface area contributed by atoms with Crippen molar-refractivity contribution in [3.63, 3.8) is 0 Å². The summed E-state index contributed by atoms with van der Waals surface area (Å²) in [6.07, 6.45) is -4.62. The average molecular weight is 896 g/mol. The number of hydrogen-bond donors (Lipinski definition) is 3. The first-order valence-electron chi connectivity index (χ1n) is 16.2. The lowest BCUT2D eigenvalue weighted by atomic mass is 10.1. The minimum atomic E-state index is -4.62. The summed E-state index contributed by atoms with van der Waals surface area (Å²) in [5.74, 6) is -0.633. The van der Waals surface area contributed by atoms with Crippen molar-refractivity contribution in [2.45, 2.75) is 6.18 Å². The second kappa shape index (κ2) is 21.0. The van der Waals surface area contributed by atoms with Crippen LogP contribution in [0, 0.1) is 0 Å². The Bertz CT molecular complexity index is 2370. The number of hydrogen-bond acceptors (Lipinski definition) is 4. The van der Waals surface area contributed by atoms with Gasteiger partial charge in [-0.2, -0.15) is 13.2 Å². The number of amides is 3. The van der Waals surface area contributed by atoms with E-state index in [0.29, 0.717) is 53.4 Å². The maximum absolute atomic E-state index is 12.8. The molecule has 16 heteroatoms. The van der Waals surface area contributed by atoms with Crippen LogP contribution in [0.4, 0.5) is 30.2 Å². The molecule has 0 unspecified atom stereocenters. The Labute approximate surface area is 355 Å². The van der Waals surface area contributed by atoms with E-state index >= 15 is 0 Å². The van der Waals surface area contributed by atoms with E-state index in [1.807, 2.05) is 30.3 Å². The summed E-state index contributed by atoms with van der Waals surface area (Å²) in [5, 5.41) is 9.65. The van der Waals surface area contributed by atoms with E-state index in [4.69, 9.17) is 74.3 Å². The molecule has 7 nitrogen and oxygen atoms in total. The van der Waals surface area contributed by atoms with Gasteiger partial charge in [0, 0.05) is 44.8 Å². The molecule has 6 aromatic carbocycles. The molecule has 0 aliphatic carbocycles. The van der Waals surface area contributed by atoms with Gasteiger partial charge in [0.05, 0.1) is 37.8 Å². The molecule has 0 saturated carbocycles. The predicted molar refractivity (Wildman–Crippen MR) is 224 cm³/mol. The predicted octanol–water partition coefficient (Wildman–Crippen LogP) is 13.8. The largest absolute Gasteiger partial charge is 0.497 e. The smallest absolute Gasteiger partial charge is 0.417 e. The van der Waals surface area contributed by atoms with Crippen LogP contribution >= 0.6 is 69.6 Å². The summed E-state index contributed by atoms with van der Waals surface area (Å²) in [5.41, 5.74) is 1.50. The molecule has 3 N–H and O–H groups in total. The Hall–Kier alpha value is -4.94. The van der Waals surface area contributed by atoms with Gasteiger partial charge in [-0.1, -0.05) is 99.9 Å². The van der Waals surface area contributed by atoms with Crippen LogP contribution < -0.4 is 20.7 Å². The molecular weight excluding hydrogens is 868 g/mol. The topological polar surface area (TPSA) is 96.5 Å². The number of halogens is 9. The second-order valence-electron chi connectivity index (χ2n) is 11.4. The van der Waals surface area contributed by atoms with Gasteiger partial charge in [-0.25, -0.2) is 0 Å². The molecule has 0 bridgehead atoms. The Balaban J connectivity index is 0.000000191. The number of rotatable bonds is 7. The first-order valence-corrected chi connectivity index (χ1v) is 18.5. The third-order valence-corrected chi connectivity index (χ3v) is 9.38. The lowest BCUT2D eigenvalue weighted by molar-refractivity contribution is -0.137. The van der Waals surface area contributed by atoms with Crippen molar-refractivity contribution in [3.8, 4) is 5.75 Å². The fraction of sp³-hybridized carbons (Fsp3) is 0.0488.